The summed E-state index contributed by atoms with van der Waals surface area (Å²) in [7, 11) is -4.03. The topological polar surface area (TPSA) is 60.7 Å². The van der Waals surface area contributed by atoms with E-state index in [1.807, 2.05) is 0 Å². The molecule has 4 aromatic carbocycles. The van der Waals surface area contributed by atoms with Crippen molar-refractivity contribution in [1.29, 1.82) is 0 Å². The van der Waals surface area contributed by atoms with Crippen molar-refractivity contribution in [3.8, 4) is 0 Å². The van der Waals surface area contributed by atoms with E-state index < -0.39 is 19.0 Å². The first kappa shape index (κ1) is 48.7. The van der Waals surface area contributed by atoms with E-state index in [2.05, 4.69) is 173 Å². The molecule has 0 amide bonds. The zero-order valence-electron chi connectivity index (χ0n) is 41.6. The van der Waals surface area contributed by atoms with E-state index in [1.54, 1.807) is 0 Å². The van der Waals surface area contributed by atoms with Gasteiger partial charge in [-0.15, -0.1) is 0 Å². The van der Waals surface area contributed by atoms with Crippen molar-refractivity contribution in [2.24, 2.45) is 0 Å². The summed E-state index contributed by atoms with van der Waals surface area (Å²) in [5, 5.41) is 5.33. The molecular formula is C56H86O3P+. The van der Waals surface area contributed by atoms with Gasteiger partial charge >= 0.3 is 7.94 Å². The Morgan fingerprint density at radius 3 is 1.02 bits per heavy atom. The second-order valence-corrected chi connectivity index (χ2v) is 25.1. The van der Waals surface area contributed by atoms with Crippen LogP contribution in [0.1, 0.15) is 233 Å². The molecule has 4 aromatic rings. The minimum absolute atomic E-state index is 0.0420. The molecule has 0 unspecified atom stereocenters. The molecule has 3 N–H and O–H groups in total. The van der Waals surface area contributed by atoms with E-state index in [0.717, 1.165) is 51.4 Å². The van der Waals surface area contributed by atoms with Crippen LogP contribution in [-0.2, 0) is 37.9 Å². The Balaban J connectivity index is 2.08. The number of fused-ring (bicyclic) bond motifs is 2. The van der Waals surface area contributed by atoms with Crippen molar-refractivity contribution in [1.82, 2.24) is 0 Å². The molecule has 0 heterocycles. The van der Waals surface area contributed by atoms with Gasteiger partial charge in [0.2, 0.25) is 0 Å². The zero-order valence-corrected chi connectivity index (χ0v) is 42.5. The molecule has 0 saturated heterocycles. The van der Waals surface area contributed by atoms with Gasteiger partial charge in [-0.05, 0) is 175 Å². The number of hydrogen-bond donors (Lipinski definition) is 3. The fourth-order valence-electron chi connectivity index (χ4n) is 9.93. The van der Waals surface area contributed by atoms with Gasteiger partial charge in [-0.2, -0.15) is 14.7 Å². The van der Waals surface area contributed by atoms with Crippen molar-refractivity contribution in [3.05, 3.63) is 93.0 Å². The van der Waals surface area contributed by atoms with Gasteiger partial charge < -0.3 is 0 Å². The largest absolute Gasteiger partial charge is 0.406 e. The third-order valence-electron chi connectivity index (χ3n) is 17.3. The van der Waals surface area contributed by atoms with E-state index in [4.69, 9.17) is 0 Å². The maximum atomic E-state index is 10.8. The van der Waals surface area contributed by atoms with Gasteiger partial charge in [0.25, 0.3) is 0 Å². The standard InChI is InChI=1S/C56H86O3P/c1-19-50(7,8)39-29-37-31-46(54(15,16)23-5)48(35-42(37)44(33-39)52(11,12)21-3)56(27-25-41(26-28-56)60(57,58)59)49-36-43-38(32-47(49)55(17,18)24-6)30-40(51(9,10)20-2)34-45(43)53(13,14)22-4/h29-36,41,57-59H,19-28H2,1-18H3/q+1. The maximum absolute atomic E-state index is 10.8. The molecule has 4 heteroatoms. The molecule has 0 aromatic heterocycles. The Bertz CT molecular complexity index is 2040. The Kier molecular flexibility index (Phi) is 13.6. The van der Waals surface area contributed by atoms with Gasteiger partial charge in [0.1, 0.15) is 0 Å². The number of rotatable bonds is 15. The molecule has 5 rings (SSSR count). The summed E-state index contributed by atoms with van der Waals surface area (Å²) in [6.45, 7) is 42.8. The smallest absolute Gasteiger partial charge is 0.193 e. The highest BCUT2D eigenvalue weighted by atomic mass is 31.2. The lowest BCUT2D eigenvalue weighted by Gasteiger charge is -2.46. The molecule has 0 aliphatic heterocycles. The van der Waals surface area contributed by atoms with Crippen LogP contribution in [-0.4, -0.2) is 20.3 Å². The van der Waals surface area contributed by atoms with Crippen LogP contribution in [0.3, 0.4) is 0 Å². The summed E-state index contributed by atoms with van der Waals surface area (Å²) in [5.41, 5.74) is 10.0. The fraction of sp³-hybridized carbons (Fsp3) is 0.643. The second-order valence-electron chi connectivity index (χ2n) is 23.1. The minimum Gasteiger partial charge on any atom is -0.193 e. The van der Waals surface area contributed by atoms with Crippen LogP contribution < -0.4 is 0 Å². The average Bonchev–Trinajstić information content (AvgIpc) is 3.21. The van der Waals surface area contributed by atoms with E-state index in [9.17, 15) is 14.7 Å². The quantitative estimate of drug-likeness (QED) is 0.105. The lowest BCUT2D eigenvalue weighted by Crippen LogP contribution is -2.40. The molecule has 0 atom stereocenters. The van der Waals surface area contributed by atoms with Gasteiger partial charge in [0, 0.05) is 5.41 Å². The molecule has 332 valence electrons. The van der Waals surface area contributed by atoms with Gasteiger partial charge in [-0.3, -0.25) is 0 Å². The molecule has 60 heavy (non-hydrogen) atoms. The molecule has 1 saturated carbocycles. The van der Waals surface area contributed by atoms with Crippen LogP contribution in [0.25, 0.3) is 21.5 Å². The van der Waals surface area contributed by atoms with Crippen molar-refractivity contribution in [3.63, 3.8) is 0 Å². The minimum atomic E-state index is -4.03. The van der Waals surface area contributed by atoms with Crippen LogP contribution in [0.15, 0.2) is 48.5 Å². The summed E-state index contributed by atoms with van der Waals surface area (Å²) in [6, 6.07) is 20.4. The maximum Gasteiger partial charge on any atom is 0.406 e. The van der Waals surface area contributed by atoms with Crippen LogP contribution in [0.2, 0.25) is 0 Å². The van der Waals surface area contributed by atoms with Gasteiger partial charge in [-0.25, -0.2) is 0 Å². The Hall–Kier alpha value is -2.29. The van der Waals surface area contributed by atoms with Crippen molar-refractivity contribution >= 4 is 29.5 Å². The van der Waals surface area contributed by atoms with Gasteiger partial charge in [-0.1, -0.05) is 161 Å². The summed E-state index contributed by atoms with van der Waals surface area (Å²) >= 11 is 0. The molecular weight excluding hydrogens is 752 g/mol. The number of hydrogen-bond acceptors (Lipinski definition) is 3. The second kappa shape index (κ2) is 16.7. The van der Waals surface area contributed by atoms with Crippen LogP contribution in [0.5, 0.6) is 0 Å². The van der Waals surface area contributed by atoms with Crippen LogP contribution in [0.4, 0.5) is 0 Å². The fourth-order valence-corrected chi connectivity index (χ4v) is 10.9. The van der Waals surface area contributed by atoms with E-state index >= 15 is 0 Å². The Morgan fingerprint density at radius 2 is 0.733 bits per heavy atom. The Morgan fingerprint density at radius 1 is 0.433 bits per heavy atom. The SMILES string of the molecule is CCC(C)(C)c1cc(C(C)(C)CC)c2cc(C3(c4cc5c(C(C)(C)CC)cc(C(C)(C)CC)cc5cc4C(C)(C)CC)CCC([P+](O)(O)O)CC3)c(C(C)(C)CC)cc2c1. The first-order valence-corrected chi connectivity index (χ1v) is 25.6. The zero-order chi connectivity index (χ0) is 45.2. The predicted molar refractivity (Wildman–Crippen MR) is 264 cm³/mol. The van der Waals surface area contributed by atoms with Crippen molar-refractivity contribution < 1.29 is 14.7 Å². The van der Waals surface area contributed by atoms with E-state index in [0.29, 0.717) is 12.8 Å². The lowest BCUT2D eigenvalue weighted by atomic mass is 9.58. The predicted octanol–water partition coefficient (Wildman–Crippen LogP) is 16.1. The lowest BCUT2D eigenvalue weighted by molar-refractivity contribution is 0.267. The third-order valence-corrected chi connectivity index (χ3v) is 18.8. The molecule has 1 aliphatic carbocycles. The molecule has 0 spiro atoms. The van der Waals surface area contributed by atoms with Gasteiger partial charge in [0.05, 0.1) is 0 Å². The first-order valence-electron chi connectivity index (χ1n) is 23.9. The van der Waals surface area contributed by atoms with E-state index in [1.165, 1.54) is 66.1 Å². The van der Waals surface area contributed by atoms with Crippen LogP contribution in [0, 0.1) is 0 Å². The molecule has 1 aliphatic rings. The highest BCUT2D eigenvalue weighted by Crippen LogP contribution is 2.61. The monoisotopic (exact) mass is 838 g/mol. The molecule has 3 nitrogen and oxygen atoms in total. The molecule has 0 radical (unpaired) electrons. The average molecular weight is 838 g/mol. The van der Waals surface area contributed by atoms with E-state index in [-0.39, 0.29) is 32.5 Å². The van der Waals surface area contributed by atoms with Crippen LogP contribution >= 0.6 is 7.94 Å². The molecule has 0 bridgehead atoms. The normalized spacial score (nSPS) is 16.6. The highest BCUT2D eigenvalue weighted by Gasteiger charge is 2.52. The summed E-state index contributed by atoms with van der Waals surface area (Å²) in [6.07, 6.45) is 8.76. The third kappa shape index (κ3) is 8.79. The number of benzene rings is 4. The van der Waals surface area contributed by atoms with Crippen molar-refractivity contribution in [2.45, 2.75) is 232 Å². The first-order chi connectivity index (χ1) is 27.5. The highest BCUT2D eigenvalue weighted by molar-refractivity contribution is 7.59. The Labute approximate surface area is 368 Å². The van der Waals surface area contributed by atoms with Gasteiger partial charge in [0.15, 0.2) is 5.66 Å². The summed E-state index contributed by atoms with van der Waals surface area (Å²) in [5.74, 6) is 0. The molecule has 1 fully saturated rings. The van der Waals surface area contributed by atoms with Crippen molar-refractivity contribution in [2.75, 3.05) is 0 Å². The summed E-state index contributed by atoms with van der Waals surface area (Å²) < 4.78 is 0. The summed E-state index contributed by atoms with van der Waals surface area (Å²) in [4.78, 5) is 32.5.